The summed E-state index contributed by atoms with van der Waals surface area (Å²) in [6.07, 6.45) is 0.557. The molecule has 1 unspecified atom stereocenters. The number of rotatable bonds is 5. The summed E-state index contributed by atoms with van der Waals surface area (Å²) in [4.78, 5) is 0. The zero-order chi connectivity index (χ0) is 11.3. The van der Waals surface area contributed by atoms with E-state index < -0.39 is 5.54 Å². The summed E-state index contributed by atoms with van der Waals surface area (Å²) in [5.41, 5.74) is 6.61. The van der Waals surface area contributed by atoms with Crippen molar-refractivity contribution in [3.05, 3.63) is 29.8 Å². The minimum absolute atomic E-state index is 0.0974. The first kappa shape index (κ1) is 12.0. The Kier molecular flexibility index (Phi) is 4.12. The molecular weight excluding hydrogens is 190 g/mol. The van der Waals surface area contributed by atoms with Crippen LogP contribution in [0.25, 0.3) is 0 Å². The van der Waals surface area contributed by atoms with Gasteiger partial charge in [0.2, 0.25) is 0 Å². The molecule has 84 valence electrons. The zero-order valence-electron chi connectivity index (χ0n) is 9.36. The van der Waals surface area contributed by atoms with E-state index in [4.69, 9.17) is 15.6 Å². The van der Waals surface area contributed by atoms with Gasteiger partial charge < -0.3 is 15.6 Å². The molecule has 3 nitrogen and oxygen atoms in total. The summed E-state index contributed by atoms with van der Waals surface area (Å²) in [5.74, 6) is 0.848. The standard InChI is InChI=1S/C12H19NO2/c1-3-15-11-6-4-10(5-7-11)12(2,13)8-9-14/h4-7,14H,3,8-9,13H2,1-2H3. The van der Waals surface area contributed by atoms with Gasteiger partial charge in [-0.1, -0.05) is 12.1 Å². The number of nitrogens with two attached hydrogens (primary N) is 1. The summed E-state index contributed by atoms with van der Waals surface area (Å²) in [7, 11) is 0. The van der Waals surface area contributed by atoms with Crippen molar-refractivity contribution in [2.75, 3.05) is 13.2 Å². The molecule has 1 rings (SSSR count). The van der Waals surface area contributed by atoms with Gasteiger partial charge in [-0.3, -0.25) is 0 Å². The van der Waals surface area contributed by atoms with E-state index in [0.29, 0.717) is 13.0 Å². The summed E-state index contributed by atoms with van der Waals surface area (Å²) < 4.78 is 5.34. The van der Waals surface area contributed by atoms with E-state index >= 15 is 0 Å². The molecule has 0 aliphatic carbocycles. The SMILES string of the molecule is CCOc1ccc(C(C)(N)CCO)cc1. The van der Waals surface area contributed by atoms with Crippen molar-refractivity contribution in [3.63, 3.8) is 0 Å². The van der Waals surface area contributed by atoms with E-state index in [2.05, 4.69) is 0 Å². The van der Waals surface area contributed by atoms with Crippen LogP contribution in [0.5, 0.6) is 5.75 Å². The van der Waals surface area contributed by atoms with Gasteiger partial charge in [-0.05, 0) is 38.0 Å². The fourth-order valence-corrected chi connectivity index (χ4v) is 1.48. The Morgan fingerprint density at radius 1 is 1.33 bits per heavy atom. The van der Waals surface area contributed by atoms with Crippen molar-refractivity contribution in [1.29, 1.82) is 0 Å². The zero-order valence-corrected chi connectivity index (χ0v) is 9.36. The predicted molar refractivity (Wildman–Crippen MR) is 60.9 cm³/mol. The van der Waals surface area contributed by atoms with Crippen molar-refractivity contribution in [2.24, 2.45) is 5.73 Å². The third kappa shape index (κ3) is 3.22. The highest BCUT2D eigenvalue weighted by Crippen LogP contribution is 2.23. The smallest absolute Gasteiger partial charge is 0.119 e. The van der Waals surface area contributed by atoms with Crippen molar-refractivity contribution in [2.45, 2.75) is 25.8 Å². The van der Waals surface area contributed by atoms with Gasteiger partial charge in [-0.25, -0.2) is 0 Å². The lowest BCUT2D eigenvalue weighted by atomic mass is 9.90. The van der Waals surface area contributed by atoms with Gasteiger partial charge >= 0.3 is 0 Å². The molecular formula is C12H19NO2. The molecule has 0 heterocycles. The number of aliphatic hydroxyl groups excluding tert-OH is 1. The third-order valence-electron chi connectivity index (χ3n) is 2.46. The van der Waals surface area contributed by atoms with Gasteiger partial charge in [0.25, 0.3) is 0 Å². The average molecular weight is 209 g/mol. The molecule has 0 saturated heterocycles. The van der Waals surface area contributed by atoms with E-state index in [9.17, 15) is 0 Å². The van der Waals surface area contributed by atoms with Crippen LogP contribution >= 0.6 is 0 Å². The summed E-state index contributed by atoms with van der Waals surface area (Å²) >= 11 is 0. The average Bonchev–Trinajstić information content (AvgIpc) is 2.19. The second-order valence-corrected chi connectivity index (χ2v) is 3.85. The van der Waals surface area contributed by atoms with E-state index in [1.807, 2.05) is 38.1 Å². The molecule has 0 spiro atoms. The third-order valence-corrected chi connectivity index (χ3v) is 2.46. The van der Waals surface area contributed by atoms with Gasteiger partial charge in [-0.2, -0.15) is 0 Å². The molecule has 3 N–H and O–H groups in total. The van der Waals surface area contributed by atoms with Crippen molar-refractivity contribution >= 4 is 0 Å². The first-order chi connectivity index (χ1) is 7.10. The van der Waals surface area contributed by atoms with Gasteiger partial charge in [-0.15, -0.1) is 0 Å². The Hall–Kier alpha value is -1.06. The van der Waals surface area contributed by atoms with Crippen molar-refractivity contribution in [1.82, 2.24) is 0 Å². The number of ether oxygens (including phenoxy) is 1. The monoisotopic (exact) mass is 209 g/mol. The molecule has 0 bridgehead atoms. The Morgan fingerprint density at radius 2 is 1.93 bits per heavy atom. The van der Waals surface area contributed by atoms with Crippen molar-refractivity contribution < 1.29 is 9.84 Å². The number of benzene rings is 1. The molecule has 1 atom stereocenters. The van der Waals surface area contributed by atoms with Crippen LogP contribution in [0.4, 0.5) is 0 Å². The molecule has 0 amide bonds. The lowest BCUT2D eigenvalue weighted by Crippen LogP contribution is -2.33. The number of hydrogen-bond acceptors (Lipinski definition) is 3. The first-order valence-corrected chi connectivity index (χ1v) is 5.23. The molecule has 1 aromatic carbocycles. The first-order valence-electron chi connectivity index (χ1n) is 5.23. The highest BCUT2D eigenvalue weighted by Gasteiger charge is 2.19. The highest BCUT2D eigenvalue weighted by atomic mass is 16.5. The maximum atomic E-state index is 8.90. The topological polar surface area (TPSA) is 55.5 Å². The Bertz CT molecular complexity index is 293. The van der Waals surface area contributed by atoms with E-state index in [1.54, 1.807) is 0 Å². The molecule has 0 fully saturated rings. The molecule has 0 aliphatic rings. The molecule has 0 radical (unpaired) electrons. The fourth-order valence-electron chi connectivity index (χ4n) is 1.48. The van der Waals surface area contributed by atoms with E-state index in [1.165, 1.54) is 0 Å². The Balaban J connectivity index is 2.78. The lowest BCUT2D eigenvalue weighted by Gasteiger charge is -2.24. The van der Waals surface area contributed by atoms with Gasteiger partial charge in [0.15, 0.2) is 0 Å². The Labute approximate surface area is 90.9 Å². The second kappa shape index (κ2) is 5.14. The lowest BCUT2D eigenvalue weighted by molar-refractivity contribution is 0.247. The highest BCUT2D eigenvalue weighted by molar-refractivity contribution is 5.31. The van der Waals surface area contributed by atoms with Crippen LogP contribution in [0.15, 0.2) is 24.3 Å². The predicted octanol–water partition coefficient (Wildman–Crippen LogP) is 1.64. The molecule has 0 aromatic heterocycles. The van der Waals surface area contributed by atoms with Crippen LogP contribution in [-0.4, -0.2) is 18.3 Å². The normalized spacial score (nSPS) is 14.7. The fraction of sp³-hybridized carbons (Fsp3) is 0.500. The van der Waals surface area contributed by atoms with Crippen LogP contribution in [0, 0.1) is 0 Å². The van der Waals surface area contributed by atoms with E-state index in [-0.39, 0.29) is 6.61 Å². The van der Waals surface area contributed by atoms with Gasteiger partial charge in [0, 0.05) is 12.1 Å². The van der Waals surface area contributed by atoms with Crippen LogP contribution < -0.4 is 10.5 Å². The molecule has 15 heavy (non-hydrogen) atoms. The van der Waals surface area contributed by atoms with Crippen LogP contribution in [-0.2, 0) is 5.54 Å². The minimum Gasteiger partial charge on any atom is -0.494 e. The van der Waals surface area contributed by atoms with Gasteiger partial charge in [0.05, 0.1) is 6.61 Å². The molecule has 0 aliphatic heterocycles. The summed E-state index contributed by atoms with van der Waals surface area (Å²) in [5, 5.41) is 8.90. The molecule has 3 heteroatoms. The molecule has 1 aromatic rings. The van der Waals surface area contributed by atoms with E-state index in [0.717, 1.165) is 11.3 Å². The number of aliphatic hydroxyl groups is 1. The van der Waals surface area contributed by atoms with Crippen molar-refractivity contribution in [3.8, 4) is 5.75 Å². The summed E-state index contributed by atoms with van der Waals surface area (Å²) in [6, 6.07) is 7.70. The van der Waals surface area contributed by atoms with Gasteiger partial charge in [0.1, 0.15) is 5.75 Å². The van der Waals surface area contributed by atoms with Crippen LogP contribution in [0.1, 0.15) is 25.8 Å². The Morgan fingerprint density at radius 3 is 2.40 bits per heavy atom. The van der Waals surface area contributed by atoms with Crippen LogP contribution in [0.2, 0.25) is 0 Å². The van der Waals surface area contributed by atoms with Crippen LogP contribution in [0.3, 0.4) is 0 Å². The summed E-state index contributed by atoms with van der Waals surface area (Å²) in [6.45, 7) is 4.63. The second-order valence-electron chi connectivity index (χ2n) is 3.85. The minimum atomic E-state index is -0.473. The number of hydrogen-bond donors (Lipinski definition) is 2. The molecule has 0 saturated carbocycles. The maximum Gasteiger partial charge on any atom is 0.119 e. The largest absolute Gasteiger partial charge is 0.494 e. The quantitative estimate of drug-likeness (QED) is 0.775. The maximum absolute atomic E-state index is 8.90.